The number of unbranched alkanes of at least 4 members (excludes halogenated alkanes) is 2. The Bertz CT molecular complexity index is 1160. The molecule has 258 valence electrons. The molecule has 1 fully saturated rings. The Kier molecular flexibility index (Phi) is 20.3. The van der Waals surface area contributed by atoms with Crippen LogP contribution in [-0.2, 0) is 43.5 Å². The number of rotatable bonds is 20. The minimum atomic E-state index is -1.22. The first kappa shape index (κ1) is 39.4. The minimum Gasteiger partial charge on any atom is -0.497 e. The predicted molar refractivity (Wildman–Crippen MR) is 186 cm³/mol. The number of aliphatic hydroxyl groups is 2. The zero-order valence-electron chi connectivity index (χ0n) is 28.3. The monoisotopic (exact) mass is 758 g/mol. The molecule has 2 N–H and O–H groups in total. The summed E-state index contributed by atoms with van der Waals surface area (Å²) in [4.78, 5) is 0. The van der Waals surface area contributed by atoms with Crippen LogP contribution in [0.25, 0.3) is 0 Å². The van der Waals surface area contributed by atoms with Crippen LogP contribution in [0.5, 0.6) is 5.75 Å². The van der Waals surface area contributed by atoms with Crippen molar-refractivity contribution in [3.05, 3.63) is 102 Å². The topological polar surface area (TPSA) is 95.8 Å². The van der Waals surface area contributed by atoms with Crippen molar-refractivity contribution in [2.75, 3.05) is 26.9 Å². The quantitative estimate of drug-likeness (QED) is 0.0984. The van der Waals surface area contributed by atoms with Gasteiger partial charge in [-0.1, -0.05) is 72.8 Å². The molecule has 1 heterocycles. The summed E-state index contributed by atoms with van der Waals surface area (Å²) in [5.74, 6) is 0.788. The third kappa shape index (κ3) is 15.4. The molecule has 0 saturated carbocycles. The summed E-state index contributed by atoms with van der Waals surface area (Å²) in [6.45, 7) is 6.22. The van der Waals surface area contributed by atoms with Gasteiger partial charge in [0, 0.05) is 0 Å². The number of methoxy groups -OCH3 is 1. The average molecular weight is 758 g/mol. The summed E-state index contributed by atoms with van der Waals surface area (Å²) in [5, 5.41) is 21.7. The van der Waals surface area contributed by atoms with Gasteiger partial charge in [-0.2, -0.15) is 0 Å². The van der Waals surface area contributed by atoms with Gasteiger partial charge in [-0.15, -0.1) is 0 Å². The van der Waals surface area contributed by atoms with Gasteiger partial charge in [0.25, 0.3) is 0 Å². The van der Waals surface area contributed by atoms with Crippen LogP contribution in [0, 0.1) is 0 Å². The first-order chi connectivity index (χ1) is 23.0. The van der Waals surface area contributed by atoms with Crippen LogP contribution < -0.4 is 4.74 Å². The molecule has 0 unspecified atom stereocenters. The molecule has 1 aliphatic heterocycles. The van der Waals surface area contributed by atoms with Gasteiger partial charge in [-0.25, -0.2) is 0 Å². The second kappa shape index (κ2) is 24.2. The maximum absolute atomic E-state index is 10.9. The molecule has 0 spiro atoms. The van der Waals surface area contributed by atoms with E-state index in [-0.39, 0.29) is 41.0 Å². The van der Waals surface area contributed by atoms with E-state index in [1.54, 1.807) is 16.0 Å². The maximum atomic E-state index is 10.9. The number of aliphatic hydroxyl groups excluding tert-OH is 2. The van der Waals surface area contributed by atoms with Crippen LogP contribution in [0.1, 0.15) is 56.2 Å². The zero-order valence-corrected chi connectivity index (χ0v) is 31.2. The summed E-state index contributed by atoms with van der Waals surface area (Å²) >= 11 is 0.149. The van der Waals surface area contributed by atoms with E-state index < -0.39 is 30.7 Å². The Morgan fingerprint density at radius 3 is 1.83 bits per heavy atom. The summed E-state index contributed by atoms with van der Waals surface area (Å²) in [5.41, 5.74) is 2.95. The Morgan fingerprint density at radius 2 is 1.23 bits per heavy atom. The number of benzene rings is 3. The van der Waals surface area contributed by atoms with Crippen molar-refractivity contribution in [3.8, 4) is 5.75 Å². The fourth-order valence-corrected chi connectivity index (χ4v) is 9.01. The van der Waals surface area contributed by atoms with E-state index in [9.17, 15) is 10.2 Å². The molecule has 3 aromatic carbocycles. The van der Waals surface area contributed by atoms with Gasteiger partial charge in [0.05, 0.1) is 46.8 Å². The molecule has 2 radical (unpaired) electrons. The zero-order chi connectivity index (χ0) is 33.5. The van der Waals surface area contributed by atoms with Crippen molar-refractivity contribution < 1.29 is 38.6 Å². The van der Waals surface area contributed by atoms with Crippen molar-refractivity contribution in [2.45, 2.75) is 98.9 Å². The second-order valence-corrected chi connectivity index (χ2v) is 15.8. The standard InChI is InChI=1S/C30H36O8.2C4H9.Sn/c1-33-25-14-12-24(13-15-25)18-34-16-17-36-30-29(37-20-23-10-6-3-7-11-23)28(32)27(31)26(38-30)21-35-19-22-8-4-2-5-9-22;2*1-3-4-2;/h2-15,26-32H,16-21H2,1H3;2*1,3-4H2,2H3;/t26-,27+,28+,29-,30-;;;/m1.../s1. The minimum absolute atomic E-state index is 0.0896. The number of hydrogen-bond acceptors (Lipinski definition) is 8. The van der Waals surface area contributed by atoms with Crippen molar-refractivity contribution in [1.29, 1.82) is 0 Å². The van der Waals surface area contributed by atoms with Crippen LogP contribution in [-0.4, -0.2) is 89.0 Å². The Balaban J connectivity index is 0.000000584. The molecule has 0 bridgehead atoms. The third-order valence-electron chi connectivity index (χ3n) is 7.68. The molecule has 1 aliphatic rings. The van der Waals surface area contributed by atoms with E-state index in [0.29, 0.717) is 19.8 Å². The Hall–Kier alpha value is -2.02. The largest absolute Gasteiger partial charge is 0.497 e. The maximum Gasteiger partial charge on any atom is 0.187 e. The van der Waals surface area contributed by atoms with Crippen LogP contribution in [0.4, 0.5) is 0 Å². The van der Waals surface area contributed by atoms with E-state index in [1.165, 1.54) is 25.7 Å². The molecule has 3 aromatic rings. The first-order valence-electron chi connectivity index (χ1n) is 16.9. The van der Waals surface area contributed by atoms with Crippen LogP contribution in [0.3, 0.4) is 0 Å². The molecular weight excluding hydrogens is 703 g/mol. The van der Waals surface area contributed by atoms with Gasteiger partial charge in [-0.3, -0.25) is 0 Å². The Morgan fingerprint density at radius 1 is 0.660 bits per heavy atom. The summed E-state index contributed by atoms with van der Waals surface area (Å²) < 4.78 is 37.9. The molecule has 8 nitrogen and oxygen atoms in total. The van der Waals surface area contributed by atoms with E-state index in [4.69, 9.17) is 28.4 Å². The molecular formula is C38H54O8Sn. The van der Waals surface area contributed by atoms with E-state index in [0.717, 1.165) is 22.4 Å². The predicted octanol–water partition coefficient (Wildman–Crippen LogP) is 6.60. The van der Waals surface area contributed by atoms with E-state index in [1.807, 2.05) is 84.9 Å². The molecule has 5 atom stereocenters. The fourth-order valence-electron chi connectivity index (χ4n) is 4.85. The fraction of sp³-hybridized carbons (Fsp3) is 0.526. The third-order valence-corrected chi connectivity index (χ3v) is 11.7. The molecule has 0 amide bonds. The second-order valence-electron chi connectivity index (χ2n) is 11.5. The van der Waals surface area contributed by atoms with Crippen LogP contribution >= 0.6 is 0 Å². The SMILES string of the molecule is CCC[CH2][Sn][CH2]CCC.COc1ccc(COCCO[C@@H]2O[C@H](COCc3ccccc3)[C@H](O)[C@H](O)[C@H]2OCc2ccccc2)cc1. The van der Waals surface area contributed by atoms with Crippen molar-refractivity contribution in [3.63, 3.8) is 0 Å². The molecule has 0 aliphatic carbocycles. The molecule has 47 heavy (non-hydrogen) atoms. The Labute approximate surface area is 291 Å². The van der Waals surface area contributed by atoms with E-state index >= 15 is 0 Å². The normalized spacial score (nSPS) is 20.7. The first-order valence-corrected chi connectivity index (χ1v) is 20.9. The number of ether oxygens (including phenoxy) is 6. The average Bonchev–Trinajstić information content (AvgIpc) is 3.11. The molecule has 9 heteroatoms. The van der Waals surface area contributed by atoms with Gasteiger partial charge >= 0.3 is 69.5 Å². The smallest absolute Gasteiger partial charge is 0.187 e. The molecule has 4 rings (SSSR count). The molecule has 0 aromatic heterocycles. The van der Waals surface area contributed by atoms with Gasteiger partial charge < -0.3 is 38.6 Å². The van der Waals surface area contributed by atoms with Crippen molar-refractivity contribution >= 4 is 21.1 Å². The van der Waals surface area contributed by atoms with Gasteiger partial charge in [0.2, 0.25) is 0 Å². The van der Waals surface area contributed by atoms with E-state index in [2.05, 4.69) is 13.8 Å². The van der Waals surface area contributed by atoms with Gasteiger partial charge in [0.15, 0.2) is 6.29 Å². The van der Waals surface area contributed by atoms with Crippen LogP contribution in [0.15, 0.2) is 84.9 Å². The van der Waals surface area contributed by atoms with Crippen LogP contribution in [0.2, 0.25) is 8.87 Å². The van der Waals surface area contributed by atoms with Gasteiger partial charge in [0.1, 0.15) is 30.2 Å². The summed E-state index contributed by atoms with van der Waals surface area (Å²) in [6, 6.07) is 27.0. The molecule has 1 saturated heterocycles. The van der Waals surface area contributed by atoms with Crippen molar-refractivity contribution in [2.24, 2.45) is 0 Å². The van der Waals surface area contributed by atoms with Gasteiger partial charge in [-0.05, 0) is 28.8 Å². The summed E-state index contributed by atoms with van der Waals surface area (Å²) in [6.07, 6.45) is 0.839. The van der Waals surface area contributed by atoms with Crippen molar-refractivity contribution in [1.82, 2.24) is 0 Å². The summed E-state index contributed by atoms with van der Waals surface area (Å²) in [7, 11) is 1.63. The number of hydrogen-bond donors (Lipinski definition) is 2.